The summed E-state index contributed by atoms with van der Waals surface area (Å²) in [5.74, 6) is -0.963. The largest absolute Gasteiger partial charge is 0.477 e. The van der Waals surface area contributed by atoms with Gasteiger partial charge in [-0.3, -0.25) is 0 Å². The van der Waals surface area contributed by atoms with Crippen LogP contribution in [0.5, 0.6) is 0 Å². The number of aldehydes is 1. The molecule has 0 bridgehead atoms. The Kier molecular flexibility index (Phi) is 3.53. The van der Waals surface area contributed by atoms with Crippen molar-refractivity contribution in [2.75, 3.05) is 0 Å². The third-order valence-corrected chi connectivity index (χ3v) is 2.61. The summed E-state index contributed by atoms with van der Waals surface area (Å²) < 4.78 is 0. The second-order valence-electron chi connectivity index (χ2n) is 2.58. The van der Waals surface area contributed by atoms with Crippen LogP contribution in [0.3, 0.4) is 0 Å². The number of carbonyl (C=O) groups is 2. The Morgan fingerprint density at radius 2 is 2.36 bits per heavy atom. The second kappa shape index (κ2) is 4.66. The number of rotatable bonds is 4. The maximum Gasteiger partial charge on any atom is 0.347 e. The van der Waals surface area contributed by atoms with Crippen LogP contribution in [-0.4, -0.2) is 22.3 Å². The number of carboxylic acids is 1. The van der Waals surface area contributed by atoms with E-state index in [9.17, 15) is 9.59 Å². The van der Waals surface area contributed by atoms with Gasteiger partial charge in [0.1, 0.15) is 16.2 Å². The summed E-state index contributed by atoms with van der Waals surface area (Å²) in [4.78, 5) is 25.0. The van der Waals surface area contributed by atoms with Gasteiger partial charge in [0.15, 0.2) is 0 Å². The molecule has 5 heteroatoms. The average molecular weight is 211 g/mol. The number of hydrogen-bond donors (Lipinski definition) is 1. The van der Waals surface area contributed by atoms with Gasteiger partial charge < -0.3 is 9.90 Å². The molecule has 0 aliphatic heterocycles. The molecule has 0 amide bonds. The van der Waals surface area contributed by atoms with E-state index in [0.29, 0.717) is 17.1 Å². The fourth-order valence-corrected chi connectivity index (χ4v) is 1.75. The van der Waals surface area contributed by atoms with E-state index in [0.717, 1.165) is 17.6 Å². The van der Waals surface area contributed by atoms with Crippen LogP contribution in [0.2, 0.25) is 0 Å². The van der Waals surface area contributed by atoms with Crippen molar-refractivity contribution in [3.8, 4) is 0 Å². The van der Waals surface area contributed by atoms with Gasteiger partial charge in [-0.05, 0) is 13.0 Å². The topological polar surface area (TPSA) is 67.3 Å². The summed E-state index contributed by atoms with van der Waals surface area (Å²) in [7, 11) is 0. The van der Waals surface area contributed by atoms with E-state index >= 15 is 0 Å². The highest BCUT2D eigenvalue weighted by atomic mass is 32.1. The van der Waals surface area contributed by atoms with Crippen molar-refractivity contribution in [1.82, 2.24) is 4.98 Å². The molecule has 0 unspecified atom stereocenters. The van der Waals surface area contributed by atoms with Crippen molar-refractivity contribution < 1.29 is 14.7 Å². The third-order valence-electron chi connectivity index (χ3n) is 1.50. The first-order chi connectivity index (χ1) is 6.65. The summed E-state index contributed by atoms with van der Waals surface area (Å²) in [6.07, 6.45) is 4.39. The number of aromatic carboxylic acids is 1. The molecule has 1 rings (SSSR count). The molecule has 0 spiro atoms. The molecule has 0 aliphatic carbocycles. The molecule has 0 radical (unpaired) electrons. The SMILES string of the molecule is Cc1nc(C=CCC=O)sc1C(=O)O. The first kappa shape index (κ1) is 10.6. The molecule has 74 valence electrons. The summed E-state index contributed by atoms with van der Waals surface area (Å²) >= 11 is 1.10. The van der Waals surface area contributed by atoms with Gasteiger partial charge in [-0.15, -0.1) is 11.3 Å². The van der Waals surface area contributed by atoms with E-state index in [2.05, 4.69) is 4.98 Å². The van der Waals surface area contributed by atoms with Crippen LogP contribution in [0.25, 0.3) is 6.08 Å². The second-order valence-corrected chi connectivity index (χ2v) is 3.61. The fourth-order valence-electron chi connectivity index (χ4n) is 0.911. The lowest BCUT2D eigenvalue weighted by molar-refractivity contribution is -0.107. The first-order valence-corrected chi connectivity index (χ1v) is 4.77. The minimum absolute atomic E-state index is 0.246. The Labute approximate surface area is 84.9 Å². The average Bonchev–Trinajstić information content (AvgIpc) is 2.47. The lowest BCUT2D eigenvalue weighted by atomic mass is 10.4. The Morgan fingerprint density at radius 3 is 2.86 bits per heavy atom. The molecule has 0 aromatic carbocycles. The van der Waals surface area contributed by atoms with Gasteiger partial charge in [-0.2, -0.15) is 0 Å². The van der Waals surface area contributed by atoms with Gasteiger partial charge in [-0.25, -0.2) is 9.78 Å². The zero-order valence-corrected chi connectivity index (χ0v) is 8.37. The molecule has 0 atom stereocenters. The van der Waals surface area contributed by atoms with Crippen LogP contribution in [0.15, 0.2) is 6.08 Å². The lowest BCUT2D eigenvalue weighted by Crippen LogP contribution is -1.94. The number of carboxylic acid groups (broad SMARTS) is 1. The maximum absolute atomic E-state index is 10.7. The first-order valence-electron chi connectivity index (χ1n) is 3.96. The number of hydrogen-bond acceptors (Lipinski definition) is 4. The standard InChI is InChI=1S/C9H9NO3S/c1-6-8(9(12)13)14-7(10-6)4-2-3-5-11/h2,4-5H,3H2,1H3,(H,12,13). The highest BCUT2D eigenvalue weighted by Crippen LogP contribution is 2.18. The quantitative estimate of drug-likeness (QED) is 0.770. The summed E-state index contributed by atoms with van der Waals surface area (Å²) in [5, 5.41) is 9.35. The van der Waals surface area contributed by atoms with Crippen LogP contribution >= 0.6 is 11.3 Å². The molecule has 1 aromatic heterocycles. The Bertz CT molecular complexity index is 381. The van der Waals surface area contributed by atoms with E-state index in [-0.39, 0.29) is 4.88 Å². The molecule has 0 aliphatic rings. The lowest BCUT2D eigenvalue weighted by Gasteiger charge is -1.84. The number of nitrogens with zero attached hydrogens (tertiary/aromatic N) is 1. The number of aryl methyl sites for hydroxylation is 1. The summed E-state index contributed by atoms with van der Waals surface area (Å²) in [6.45, 7) is 1.65. The molecule has 1 aromatic rings. The molecule has 1 N–H and O–H groups in total. The van der Waals surface area contributed by atoms with E-state index < -0.39 is 5.97 Å². The molecular weight excluding hydrogens is 202 g/mol. The van der Waals surface area contributed by atoms with Crippen LogP contribution in [0, 0.1) is 6.92 Å². The van der Waals surface area contributed by atoms with Crippen LogP contribution in [0.4, 0.5) is 0 Å². The van der Waals surface area contributed by atoms with E-state index in [4.69, 9.17) is 5.11 Å². The normalized spacial score (nSPS) is 10.6. The Morgan fingerprint density at radius 1 is 1.64 bits per heavy atom. The predicted octanol–water partition coefficient (Wildman–Crippen LogP) is 1.75. The molecule has 0 saturated heterocycles. The summed E-state index contributed by atoms with van der Waals surface area (Å²) in [5.41, 5.74) is 0.508. The van der Waals surface area contributed by atoms with Gasteiger partial charge in [0.25, 0.3) is 0 Å². The van der Waals surface area contributed by atoms with E-state index in [1.807, 2.05) is 0 Å². The van der Waals surface area contributed by atoms with Crippen LogP contribution < -0.4 is 0 Å². The van der Waals surface area contributed by atoms with Crippen molar-refractivity contribution in [3.63, 3.8) is 0 Å². The zero-order valence-electron chi connectivity index (χ0n) is 7.56. The number of aromatic nitrogens is 1. The van der Waals surface area contributed by atoms with Gasteiger partial charge in [0.2, 0.25) is 0 Å². The van der Waals surface area contributed by atoms with Gasteiger partial charge >= 0.3 is 5.97 Å². The van der Waals surface area contributed by atoms with Crippen molar-refractivity contribution in [1.29, 1.82) is 0 Å². The Balaban J connectivity index is 2.85. The van der Waals surface area contributed by atoms with Gasteiger partial charge in [-0.1, -0.05) is 6.08 Å². The van der Waals surface area contributed by atoms with E-state index in [1.54, 1.807) is 19.1 Å². The van der Waals surface area contributed by atoms with Crippen LogP contribution in [0.1, 0.15) is 26.8 Å². The maximum atomic E-state index is 10.7. The smallest absolute Gasteiger partial charge is 0.347 e. The number of thiazole rings is 1. The molecule has 0 saturated carbocycles. The monoisotopic (exact) mass is 211 g/mol. The molecule has 1 heterocycles. The summed E-state index contributed by atoms with van der Waals surface area (Å²) in [6, 6.07) is 0. The number of allylic oxidation sites excluding steroid dienone is 1. The molecule has 0 fully saturated rings. The predicted molar refractivity (Wildman–Crippen MR) is 53.5 cm³/mol. The van der Waals surface area contributed by atoms with Gasteiger partial charge in [0.05, 0.1) is 5.69 Å². The number of carbonyl (C=O) groups excluding carboxylic acids is 1. The van der Waals surface area contributed by atoms with Crippen molar-refractivity contribution in [3.05, 3.63) is 21.7 Å². The molecular formula is C9H9NO3S. The fraction of sp³-hybridized carbons (Fsp3) is 0.222. The highest BCUT2D eigenvalue weighted by molar-refractivity contribution is 7.14. The Hall–Kier alpha value is -1.49. The van der Waals surface area contributed by atoms with Crippen molar-refractivity contribution in [2.24, 2.45) is 0 Å². The molecule has 14 heavy (non-hydrogen) atoms. The molecule has 4 nitrogen and oxygen atoms in total. The van der Waals surface area contributed by atoms with Crippen molar-refractivity contribution >= 4 is 29.7 Å². The minimum atomic E-state index is -0.963. The highest BCUT2D eigenvalue weighted by Gasteiger charge is 2.11. The third kappa shape index (κ3) is 2.50. The van der Waals surface area contributed by atoms with Gasteiger partial charge in [0, 0.05) is 6.42 Å². The zero-order chi connectivity index (χ0) is 10.6. The van der Waals surface area contributed by atoms with Crippen molar-refractivity contribution in [2.45, 2.75) is 13.3 Å². The van der Waals surface area contributed by atoms with Crippen LogP contribution in [-0.2, 0) is 4.79 Å². The van der Waals surface area contributed by atoms with E-state index in [1.165, 1.54) is 0 Å². The minimum Gasteiger partial charge on any atom is -0.477 e.